The number of rotatable bonds is 5. The van der Waals surface area contributed by atoms with Gasteiger partial charge in [-0.05, 0) is 61.1 Å². The van der Waals surface area contributed by atoms with Crippen LogP contribution in [0.15, 0.2) is 18.2 Å². The molecule has 0 amide bonds. The first-order chi connectivity index (χ1) is 8.15. The van der Waals surface area contributed by atoms with E-state index in [4.69, 9.17) is 0 Å². The van der Waals surface area contributed by atoms with Gasteiger partial charge < -0.3 is 0 Å². The van der Waals surface area contributed by atoms with Crippen LogP contribution in [0.1, 0.15) is 49.8 Å². The number of halogens is 1. The maximum Gasteiger partial charge on any atom is 0.0151 e. The summed E-state index contributed by atoms with van der Waals surface area (Å²) in [7, 11) is 0. The minimum absolute atomic E-state index is 0.677. The van der Waals surface area contributed by atoms with Crippen LogP contribution in [-0.4, -0.2) is 4.83 Å². The lowest BCUT2D eigenvalue weighted by atomic mass is 10.00. The van der Waals surface area contributed by atoms with E-state index in [2.05, 4.69) is 48.0 Å². The Hall–Kier alpha value is -0.300. The number of aryl methyl sites for hydroxylation is 3. The van der Waals surface area contributed by atoms with Crippen molar-refractivity contribution in [1.82, 2.24) is 0 Å². The number of benzene rings is 1. The van der Waals surface area contributed by atoms with Crippen LogP contribution in [0.25, 0.3) is 0 Å². The monoisotopic (exact) mass is 294 g/mol. The lowest BCUT2D eigenvalue weighted by Gasteiger charge is -2.12. The molecule has 17 heavy (non-hydrogen) atoms. The first-order valence-electron chi connectivity index (χ1n) is 6.90. The predicted octanol–water partition coefficient (Wildman–Crippen LogP) is 4.92. The van der Waals surface area contributed by atoms with Gasteiger partial charge in [-0.2, -0.15) is 0 Å². The highest BCUT2D eigenvalue weighted by Gasteiger charge is 2.12. The molecule has 0 saturated carbocycles. The molecule has 0 saturated heterocycles. The van der Waals surface area contributed by atoms with Crippen LogP contribution in [0.3, 0.4) is 0 Å². The summed E-state index contributed by atoms with van der Waals surface area (Å²) in [5.41, 5.74) is 4.72. The first kappa shape index (κ1) is 13.1. The number of fused-ring (bicyclic) bond motifs is 1. The van der Waals surface area contributed by atoms with Gasteiger partial charge in [0, 0.05) is 4.83 Å². The van der Waals surface area contributed by atoms with E-state index < -0.39 is 0 Å². The highest BCUT2D eigenvalue weighted by atomic mass is 79.9. The second-order valence-corrected chi connectivity index (χ2v) is 7.02. The zero-order valence-electron chi connectivity index (χ0n) is 11.0. The maximum absolute atomic E-state index is 3.80. The molecule has 0 spiro atoms. The molecule has 0 radical (unpaired) electrons. The molecule has 0 bridgehead atoms. The van der Waals surface area contributed by atoms with E-state index in [-0.39, 0.29) is 0 Å². The molecule has 0 N–H and O–H groups in total. The Balaban J connectivity index is 1.87. The summed E-state index contributed by atoms with van der Waals surface area (Å²) in [6.45, 7) is 4.59. The minimum Gasteiger partial charge on any atom is -0.0890 e. The van der Waals surface area contributed by atoms with Gasteiger partial charge in [0.1, 0.15) is 0 Å². The van der Waals surface area contributed by atoms with Gasteiger partial charge in [-0.1, -0.05) is 48.0 Å². The zero-order chi connectivity index (χ0) is 12.3. The van der Waals surface area contributed by atoms with Crippen LogP contribution in [-0.2, 0) is 19.3 Å². The molecule has 1 heteroatoms. The molecule has 1 aliphatic rings. The maximum atomic E-state index is 3.80. The Kier molecular flexibility index (Phi) is 4.67. The van der Waals surface area contributed by atoms with Crippen LogP contribution >= 0.6 is 15.9 Å². The fourth-order valence-corrected chi connectivity index (χ4v) is 3.71. The second kappa shape index (κ2) is 6.04. The van der Waals surface area contributed by atoms with Gasteiger partial charge in [0.2, 0.25) is 0 Å². The molecule has 0 aromatic heterocycles. The Morgan fingerprint density at radius 3 is 2.71 bits per heavy atom. The van der Waals surface area contributed by atoms with Gasteiger partial charge in [0.25, 0.3) is 0 Å². The van der Waals surface area contributed by atoms with Gasteiger partial charge in [0.05, 0.1) is 0 Å². The Labute approximate surface area is 114 Å². The molecule has 2 rings (SSSR count). The summed E-state index contributed by atoms with van der Waals surface area (Å²) in [4.78, 5) is 0.677. The summed E-state index contributed by atoms with van der Waals surface area (Å²) in [6.07, 6.45) is 7.71. The topological polar surface area (TPSA) is 0 Å². The van der Waals surface area contributed by atoms with Crippen LogP contribution in [0.5, 0.6) is 0 Å². The van der Waals surface area contributed by atoms with E-state index in [9.17, 15) is 0 Å². The largest absolute Gasteiger partial charge is 0.0890 e. The molecule has 0 aliphatic heterocycles. The Morgan fingerprint density at radius 1 is 1.18 bits per heavy atom. The quantitative estimate of drug-likeness (QED) is 0.677. The summed E-state index contributed by atoms with van der Waals surface area (Å²) in [6, 6.07) is 7.13. The van der Waals surface area contributed by atoms with E-state index >= 15 is 0 Å². The SMILES string of the molecule is CC(C)CC(Br)CCc1ccc2c(c1)CCC2. The van der Waals surface area contributed by atoms with Crippen LogP contribution < -0.4 is 0 Å². The molecule has 1 aromatic rings. The van der Waals surface area contributed by atoms with Crippen molar-refractivity contribution in [1.29, 1.82) is 0 Å². The zero-order valence-corrected chi connectivity index (χ0v) is 12.6. The van der Waals surface area contributed by atoms with Gasteiger partial charge >= 0.3 is 0 Å². The normalized spacial score (nSPS) is 16.2. The highest BCUT2D eigenvalue weighted by molar-refractivity contribution is 9.09. The van der Waals surface area contributed by atoms with Crippen molar-refractivity contribution in [3.05, 3.63) is 34.9 Å². The van der Waals surface area contributed by atoms with Crippen molar-refractivity contribution < 1.29 is 0 Å². The average molecular weight is 295 g/mol. The third kappa shape index (κ3) is 3.84. The van der Waals surface area contributed by atoms with Crippen molar-refractivity contribution in [2.24, 2.45) is 5.92 Å². The molecular weight excluding hydrogens is 272 g/mol. The van der Waals surface area contributed by atoms with Crippen LogP contribution in [0.4, 0.5) is 0 Å². The molecule has 1 aliphatic carbocycles. The Morgan fingerprint density at radius 2 is 1.94 bits per heavy atom. The second-order valence-electron chi connectivity index (χ2n) is 5.72. The van der Waals surface area contributed by atoms with E-state index in [1.807, 2.05) is 0 Å². The third-order valence-electron chi connectivity index (χ3n) is 3.64. The fourth-order valence-electron chi connectivity index (χ4n) is 2.73. The van der Waals surface area contributed by atoms with Crippen molar-refractivity contribution in [2.75, 3.05) is 0 Å². The van der Waals surface area contributed by atoms with E-state index in [0.717, 1.165) is 5.92 Å². The van der Waals surface area contributed by atoms with Gasteiger partial charge in [0.15, 0.2) is 0 Å². The predicted molar refractivity (Wildman–Crippen MR) is 79.0 cm³/mol. The summed E-state index contributed by atoms with van der Waals surface area (Å²) in [5.74, 6) is 0.791. The first-order valence-corrected chi connectivity index (χ1v) is 7.81. The lowest BCUT2D eigenvalue weighted by Crippen LogP contribution is -2.04. The van der Waals surface area contributed by atoms with Crippen molar-refractivity contribution in [3.8, 4) is 0 Å². The van der Waals surface area contributed by atoms with Crippen LogP contribution in [0, 0.1) is 5.92 Å². The molecule has 1 atom stereocenters. The molecule has 0 nitrogen and oxygen atoms in total. The molecule has 0 fully saturated rings. The minimum atomic E-state index is 0.677. The summed E-state index contributed by atoms with van der Waals surface area (Å²) >= 11 is 3.80. The number of hydrogen-bond acceptors (Lipinski definition) is 0. The molecule has 0 heterocycles. The van der Waals surface area contributed by atoms with Crippen molar-refractivity contribution in [2.45, 2.75) is 57.2 Å². The molecule has 94 valence electrons. The van der Waals surface area contributed by atoms with E-state index in [0.29, 0.717) is 4.83 Å². The number of alkyl halides is 1. The van der Waals surface area contributed by atoms with Crippen molar-refractivity contribution in [3.63, 3.8) is 0 Å². The van der Waals surface area contributed by atoms with Gasteiger partial charge in [-0.25, -0.2) is 0 Å². The van der Waals surface area contributed by atoms with Gasteiger partial charge in [-0.3, -0.25) is 0 Å². The number of hydrogen-bond donors (Lipinski definition) is 0. The molecular formula is C16H23Br. The van der Waals surface area contributed by atoms with Gasteiger partial charge in [-0.15, -0.1) is 0 Å². The smallest absolute Gasteiger partial charge is 0.0151 e. The lowest BCUT2D eigenvalue weighted by molar-refractivity contribution is 0.554. The summed E-state index contributed by atoms with van der Waals surface area (Å²) < 4.78 is 0. The Bertz CT molecular complexity index is 368. The summed E-state index contributed by atoms with van der Waals surface area (Å²) in [5, 5.41) is 0. The highest BCUT2D eigenvalue weighted by Crippen LogP contribution is 2.24. The van der Waals surface area contributed by atoms with Crippen LogP contribution in [0.2, 0.25) is 0 Å². The van der Waals surface area contributed by atoms with E-state index in [1.165, 1.54) is 44.1 Å². The van der Waals surface area contributed by atoms with Crippen molar-refractivity contribution >= 4 is 15.9 Å². The van der Waals surface area contributed by atoms with E-state index in [1.54, 1.807) is 11.1 Å². The standard InChI is InChI=1S/C16H23Br/c1-12(2)10-16(17)9-7-13-6-8-14-4-3-5-15(14)11-13/h6,8,11-12,16H,3-5,7,9-10H2,1-2H3. The molecule has 1 aromatic carbocycles. The molecule has 1 unspecified atom stereocenters. The average Bonchev–Trinajstić information content (AvgIpc) is 2.72. The fraction of sp³-hybridized carbons (Fsp3) is 0.625. The third-order valence-corrected chi connectivity index (χ3v) is 4.47.